The monoisotopic (exact) mass is 390 g/mol. The van der Waals surface area contributed by atoms with Gasteiger partial charge in [-0.3, -0.25) is 9.59 Å². The maximum Gasteiger partial charge on any atom is 0.400 e. The van der Waals surface area contributed by atoms with Crippen LogP contribution >= 0.6 is 0 Å². The topological polar surface area (TPSA) is 52.6 Å². The van der Waals surface area contributed by atoms with E-state index >= 15 is 0 Å². The molecule has 7 heteroatoms. The second kappa shape index (κ2) is 6.09. The van der Waals surface area contributed by atoms with Crippen molar-refractivity contribution in [1.29, 1.82) is 0 Å². The number of rotatable bonds is 4. The van der Waals surface area contributed by atoms with Gasteiger partial charge in [-0.25, -0.2) is 0 Å². The zero-order chi connectivity index (χ0) is 20.2. The summed E-state index contributed by atoms with van der Waals surface area (Å²) in [7, 11) is 0. The van der Waals surface area contributed by atoms with E-state index in [0.29, 0.717) is 5.56 Å². The van der Waals surface area contributed by atoms with Gasteiger partial charge in [-0.05, 0) is 18.1 Å². The Kier molecular flexibility index (Phi) is 4.03. The normalized spacial score (nSPS) is 31.1. The molecule has 1 aliphatic heterocycles. The molecule has 2 aliphatic rings. The summed E-state index contributed by atoms with van der Waals surface area (Å²) < 4.78 is 54.1. The highest BCUT2D eigenvalue weighted by atomic mass is 19.4. The molecule has 0 spiro atoms. The second-order valence-corrected chi connectivity index (χ2v) is 6.91. The van der Waals surface area contributed by atoms with Crippen molar-refractivity contribution in [2.45, 2.75) is 24.6 Å². The number of carbonyl (C=O) groups excluding carboxylic acids is 2. The van der Waals surface area contributed by atoms with Gasteiger partial charge in [-0.1, -0.05) is 60.7 Å². The molecule has 1 aliphatic carbocycles. The zero-order valence-corrected chi connectivity index (χ0v) is 14.9. The van der Waals surface area contributed by atoms with Crippen molar-refractivity contribution < 1.29 is 32.2 Å². The molecule has 4 rings (SSSR count). The Labute approximate surface area is 159 Å². The summed E-state index contributed by atoms with van der Waals surface area (Å²) in [6, 6.07) is 15.3. The molecule has 0 radical (unpaired) electrons. The average Bonchev–Trinajstić information content (AvgIpc) is 3.24. The second-order valence-electron chi connectivity index (χ2n) is 6.91. The van der Waals surface area contributed by atoms with Crippen molar-refractivity contribution in [1.82, 2.24) is 0 Å². The minimum absolute atomic E-state index is 0.140. The summed E-state index contributed by atoms with van der Waals surface area (Å²) in [5, 5.41) is 0. The Morgan fingerprint density at radius 2 is 1.64 bits per heavy atom. The van der Waals surface area contributed by atoms with Crippen molar-refractivity contribution in [3.05, 3.63) is 71.8 Å². The van der Waals surface area contributed by atoms with Gasteiger partial charge in [0, 0.05) is 5.92 Å². The van der Waals surface area contributed by atoms with Crippen molar-refractivity contribution in [2.24, 2.45) is 11.3 Å². The molecule has 1 saturated heterocycles. The summed E-state index contributed by atoms with van der Waals surface area (Å²) in [5.74, 6) is -3.81. The molecular weight excluding hydrogens is 373 g/mol. The highest BCUT2D eigenvalue weighted by Crippen LogP contribution is 2.83. The number of cyclic esters (lactones) is 1. The van der Waals surface area contributed by atoms with Crippen molar-refractivity contribution >= 4 is 11.9 Å². The maximum absolute atomic E-state index is 14.6. The Hall–Kier alpha value is -2.83. The number of fused-ring (bicyclic) bond motifs is 1. The molecule has 146 valence electrons. The van der Waals surface area contributed by atoms with E-state index in [-0.39, 0.29) is 12.2 Å². The first-order valence-electron chi connectivity index (χ1n) is 8.89. The first-order valence-corrected chi connectivity index (χ1v) is 8.89. The number of hydrogen-bond donors (Lipinski definition) is 0. The fourth-order valence-corrected chi connectivity index (χ4v) is 4.71. The van der Waals surface area contributed by atoms with Crippen LogP contribution in [-0.2, 0) is 24.5 Å². The van der Waals surface area contributed by atoms with E-state index in [9.17, 15) is 22.8 Å². The first kappa shape index (κ1) is 18.5. The third-order valence-electron chi connectivity index (χ3n) is 5.73. The van der Waals surface area contributed by atoms with Gasteiger partial charge >= 0.3 is 18.1 Å². The van der Waals surface area contributed by atoms with E-state index in [1.54, 1.807) is 36.4 Å². The number of alkyl halides is 3. The van der Waals surface area contributed by atoms with Gasteiger partial charge in [0.2, 0.25) is 0 Å². The lowest BCUT2D eigenvalue weighted by Gasteiger charge is -2.29. The van der Waals surface area contributed by atoms with Gasteiger partial charge in [-0.15, -0.1) is 0 Å². The summed E-state index contributed by atoms with van der Waals surface area (Å²) in [5.41, 5.74) is -4.86. The molecule has 1 heterocycles. The molecule has 2 aromatic rings. The van der Waals surface area contributed by atoms with Gasteiger partial charge < -0.3 is 9.47 Å². The summed E-state index contributed by atoms with van der Waals surface area (Å²) >= 11 is 0. The number of ether oxygens (including phenoxy) is 2. The molecule has 1 saturated carbocycles. The molecule has 0 amide bonds. The minimum Gasteiger partial charge on any atom is -0.465 e. The number of benzene rings is 2. The van der Waals surface area contributed by atoms with E-state index in [1.807, 2.05) is 0 Å². The molecule has 0 N–H and O–H groups in total. The summed E-state index contributed by atoms with van der Waals surface area (Å²) in [6.07, 6.45) is -6.06. The highest BCUT2D eigenvalue weighted by Gasteiger charge is 2.99. The lowest BCUT2D eigenvalue weighted by molar-refractivity contribution is -0.198. The van der Waals surface area contributed by atoms with E-state index in [0.717, 1.165) is 0 Å². The predicted molar refractivity (Wildman–Crippen MR) is 92.0 cm³/mol. The predicted octanol–water partition coefficient (Wildman–Crippen LogP) is 3.96. The fraction of sp³-hybridized carbons (Fsp3) is 0.333. The molecule has 4 atom stereocenters. The molecule has 0 unspecified atom stereocenters. The third-order valence-corrected chi connectivity index (χ3v) is 5.73. The highest BCUT2D eigenvalue weighted by molar-refractivity contribution is 6.10. The van der Waals surface area contributed by atoms with Crippen molar-refractivity contribution in [3.63, 3.8) is 0 Å². The van der Waals surface area contributed by atoms with Crippen LogP contribution in [0.4, 0.5) is 13.2 Å². The van der Waals surface area contributed by atoms with Crippen LogP contribution in [0.5, 0.6) is 0 Å². The molecule has 2 aromatic carbocycles. The quantitative estimate of drug-likeness (QED) is 0.586. The van der Waals surface area contributed by atoms with E-state index in [1.165, 1.54) is 31.2 Å². The number of hydrogen-bond acceptors (Lipinski definition) is 4. The maximum atomic E-state index is 14.6. The lowest BCUT2D eigenvalue weighted by Crippen LogP contribution is -2.44. The van der Waals surface area contributed by atoms with E-state index in [2.05, 4.69) is 0 Å². The van der Waals surface area contributed by atoms with Gasteiger partial charge in [0.05, 0.1) is 6.61 Å². The SMILES string of the molecule is CCOC(=O)[C@]12C(=O)O[C@H](c3ccccc3)[C@H]1[C@@]2(c1ccccc1)C(F)(F)F. The first-order chi connectivity index (χ1) is 13.3. The number of esters is 2. The molecule has 2 fully saturated rings. The van der Waals surface area contributed by atoms with Gasteiger partial charge in [0.15, 0.2) is 5.41 Å². The Bertz CT molecular complexity index is 912. The van der Waals surface area contributed by atoms with Crippen LogP contribution in [0, 0.1) is 11.3 Å². The lowest BCUT2D eigenvalue weighted by atomic mass is 9.83. The minimum atomic E-state index is -4.86. The van der Waals surface area contributed by atoms with Crippen LogP contribution in [0.25, 0.3) is 0 Å². The Morgan fingerprint density at radius 3 is 2.18 bits per heavy atom. The van der Waals surface area contributed by atoms with Crippen LogP contribution in [0.3, 0.4) is 0 Å². The van der Waals surface area contributed by atoms with Gasteiger partial charge in [0.25, 0.3) is 0 Å². The van der Waals surface area contributed by atoms with Crippen LogP contribution in [-0.4, -0.2) is 24.7 Å². The van der Waals surface area contributed by atoms with Gasteiger partial charge in [-0.2, -0.15) is 13.2 Å². The van der Waals surface area contributed by atoms with Crippen molar-refractivity contribution in [3.8, 4) is 0 Å². The summed E-state index contributed by atoms with van der Waals surface area (Å²) in [6.45, 7) is 1.35. The molecule has 0 aromatic heterocycles. The smallest absolute Gasteiger partial charge is 0.400 e. The molecule has 4 nitrogen and oxygen atoms in total. The number of halogens is 3. The van der Waals surface area contributed by atoms with E-state index in [4.69, 9.17) is 9.47 Å². The van der Waals surface area contributed by atoms with Gasteiger partial charge in [0.1, 0.15) is 11.5 Å². The third kappa shape index (κ3) is 2.07. The fourth-order valence-electron chi connectivity index (χ4n) is 4.71. The largest absolute Gasteiger partial charge is 0.465 e. The van der Waals surface area contributed by atoms with Crippen LogP contribution in [0.15, 0.2) is 60.7 Å². The number of carbonyl (C=O) groups is 2. The zero-order valence-electron chi connectivity index (χ0n) is 14.9. The standard InChI is InChI=1S/C21H17F3O4/c1-2-27-17(25)19-16(15(28-18(19)26)13-9-5-3-6-10-13)20(19,21(22,23)24)14-11-7-4-8-12-14/h3-12,15-16H,2H2,1H3/t15-,16-,19+,20-/m1/s1. The van der Waals surface area contributed by atoms with Crippen LogP contribution in [0.1, 0.15) is 24.2 Å². The van der Waals surface area contributed by atoms with Crippen molar-refractivity contribution in [2.75, 3.05) is 6.61 Å². The molecule has 28 heavy (non-hydrogen) atoms. The van der Waals surface area contributed by atoms with E-state index < -0.39 is 41.0 Å². The van der Waals surface area contributed by atoms with Crippen LogP contribution < -0.4 is 0 Å². The molecular formula is C21H17F3O4. The summed E-state index contributed by atoms with van der Waals surface area (Å²) in [4.78, 5) is 25.7. The average molecular weight is 390 g/mol. The Balaban J connectivity index is 1.97. The van der Waals surface area contributed by atoms with Crippen LogP contribution in [0.2, 0.25) is 0 Å². The molecule has 0 bridgehead atoms. The Morgan fingerprint density at radius 1 is 1.07 bits per heavy atom.